The highest BCUT2D eigenvalue weighted by molar-refractivity contribution is 9.10. The van der Waals surface area contributed by atoms with Gasteiger partial charge in [-0.2, -0.15) is 0 Å². The summed E-state index contributed by atoms with van der Waals surface area (Å²) >= 11 is 3.30. The summed E-state index contributed by atoms with van der Waals surface area (Å²) in [6, 6.07) is 7.83. The molecule has 1 amide bonds. The molecule has 0 spiro atoms. The van der Waals surface area contributed by atoms with E-state index in [1.807, 2.05) is 13.8 Å². The van der Waals surface area contributed by atoms with Crippen molar-refractivity contribution in [3.8, 4) is 5.88 Å². The molecule has 0 aliphatic heterocycles. The molecule has 0 atom stereocenters. The van der Waals surface area contributed by atoms with Crippen molar-refractivity contribution in [1.29, 1.82) is 0 Å². The second kappa shape index (κ2) is 10.7. The number of carbonyl (C=O) groups excluding carboxylic acids is 1. The minimum absolute atomic E-state index is 0.00726. The number of nitrogens with zero attached hydrogens (tertiary/aromatic N) is 1. The molecule has 1 heterocycles. The van der Waals surface area contributed by atoms with Gasteiger partial charge in [0.05, 0.1) is 23.2 Å². The molecule has 10 heteroatoms. The summed E-state index contributed by atoms with van der Waals surface area (Å²) in [6.45, 7) is 4.34. The Labute approximate surface area is 179 Å². The topological polar surface area (TPSA) is 107 Å². The van der Waals surface area contributed by atoms with Crippen LogP contribution in [0.5, 0.6) is 5.88 Å². The number of rotatable bonds is 10. The lowest BCUT2D eigenvalue weighted by Gasteiger charge is -2.14. The van der Waals surface area contributed by atoms with Gasteiger partial charge in [0.1, 0.15) is 0 Å². The number of methoxy groups -OCH3 is 1. The highest BCUT2D eigenvalue weighted by atomic mass is 79.9. The molecule has 2 rings (SSSR count). The quantitative estimate of drug-likeness (QED) is 0.500. The molecular formula is C19H24BrN3O5S. The van der Waals surface area contributed by atoms with E-state index in [1.165, 1.54) is 25.3 Å². The summed E-state index contributed by atoms with van der Waals surface area (Å²) in [4.78, 5) is 16.9. The monoisotopic (exact) mass is 485 g/mol. The fraction of sp³-hybridized carbons (Fsp3) is 0.368. The summed E-state index contributed by atoms with van der Waals surface area (Å²) in [6.07, 6.45) is 1.56. The Morgan fingerprint density at radius 3 is 2.72 bits per heavy atom. The van der Waals surface area contributed by atoms with Crippen LogP contribution in [0.15, 0.2) is 45.9 Å². The van der Waals surface area contributed by atoms with Crippen LogP contribution in [0.25, 0.3) is 0 Å². The maximum atomic E-state index is 12.7. The Morgan fingerprint density at radius 2 is 2.03 bits per heavy atom. The summed E-state index contributed by atoms with van der Waals surface area (Å²) in [5, 5.41) is 2.78. The van der Waals surface area contributed by atoms with Crippen molar-refractivity contribution in [3.05, 3.63) is 52.1 Å². The third kappa shape index (κ3) is 6.77. The number of nitrogens with one attached hydrogen (secondary N) is 2. The summed E-state index contributed by atoms with van der Waals surface area (Å²) in [5.74, 6) is 0.0192. The first kappa shape index (κ1) is 23.3. The Bertz CT molecular complexity index is 951. The van der Waals surface area contributed by atoms with E-state index < -0.39 is 15.9 Å². The molecule has 0 bridgehead atoms. The minimum atomic E-state index is -3.75. The number of halogens is 1. The summed E-state index contributed by atoms with van der Waals surface area (Å²) < 4.78 is 38.2. The molecule has 0 fully saturated rings. The molecule has 0 saturated carbocycles. The molecule has 0 radical (unpaired) electrons. The summed E-state index contributed by atoms with van der Waals surface area (Å²) in [5.41, 5.74) is 0.922. The van der Waals surface area contributed by atoms with Gasteiger partial charge in [0.2, 0.25) is 15.9 Å². The van der Waals surface area contributed by atoms with Crippen molar-refractivity contribution >= 4 is 31.9 Å². The predicted octanol–water partition coefficient (Wildman–Crippen LogP) is 2.49. The van der Waals surface area contributed by atoms with Crippen LogP contribution >= 0.6 is 15.9 Å². The number of sulfonamides is 1. The number of aromatic nitrogens is 1. The van der Waals surface area contributed by atoms with E-state index in [0.717, 1.165) is 5.56 Å². The fourth-order valence-electron chi connectivity index (χ4n) is 2.37. The smallest absolute Gasteiger partial charge is 0.252 e. The van der Waals surface area contributed by atoms with E-state index in [1.54, 1.807) is 18.3 Å². The van der Waals surface area contributed by atoms with Crippen LogP contribution < -0.4 is 14.8 Å². The van der Waals surface area contributed by atoms with Crippen LogP contribution in [0.1, 0.15) is 29.8 Å². The Hall–Kier alpha value is -2.01. The third-order valence-electron chi connectivity index (χ3n) is 3.73. The van der Waals surface area contributed by atoms with E-state index in [9.17, 15) is 13.2 Å². The van der Waals surface area contributed by atoms with Crippen LogP contribution in [0.3, 0.4) is 0 Å². The lowest BCUT2D eigenvalue weighted by Crippen LogP contribution is -2.28. The van der Waals surface area contributed by atoms with Gasteiger partial charge >= 0.3 is 0 Å². The molecule has 8 nitrogen and oxygen atoms in total. The standard InChI is InChI=1S/C19H24BrN3O5S/c1-13(2)28-19-14(5-4-8-21-19)12-22-18(24)16-11-15(6-7-17(16)20)29(25,26)23-9-10-27-3/h4-8,11,13,23H,9-10,12H2,1-3H3,(H,22,24). The fourth-order valence-corrected chi connectivity index (χ4v) is 3.83. The first-order valence-electron chi connectivity index (χ1n) is 8.91. The molecule has 0 saturated heterocycles. The molecule has 2 N–H and O–H groups in total. The van der Waals surface area contributed by atoms with Gasteiger partial charge in [-0.1, -0.05) is 6.07 Å². The third-order valence-corrected chi connectivity index (χ3v) is 5.88. The first-order chi connectivity index (χ1) is 13.7. The Balaban J connectivity index is 2.16. The van der Waals surface area contributed by atoms with Crippen molar-refractivity contribution in [1.82, 2.24) is 15.0 Å². The van der Waals surface area contributed by atoms with Gasteiger partial charge in [0.25, 0.3) is 5.91 Å². The number of pyridine rings is 1. The zero-order valence-electron chi connectivity index (χ0n) is 16.4. The number of carbonyl (C=O) groups is 1. The average molecular weight is 486 g/mol. The average Bonchev–Trinajstić information content (AvgIpc) is 2.67. The van der Waals surface area contributed by atoms with Crippen molar-refractivity contribution in [2.75, 3.05) is 20.3 Å². The first-order valence-corrected chi connectivity index (χ1v) is 11.2. The second-order valence-electron chi connectivity index (χ2n) is 6.35. The number of hydrogen-bond donors (Lipinski definition) is 2. The van der Waals surface area contributed by atoms with Crippen molar-refractivity contribution in [2.45, 2.75) is 31.4 Å². The van der Waals surface area contributed by atoms with E-state index in [2.05, 4.69) is 31.0 Å². The van der Waals surface area contributed by atoms with Gasteiger partial charge in [-0.15, -0.1) is 0 Å². The van der Waals surface area contributed by atoms with E-state index in [-0.39, 0.29) is 36.3 Å². The number of hydrogen-bond acceptors (Lipinski definition) is 6. The molecule has 29 heavy (non-hydrogen) atoms. The van der Waals surface area contributed by atoms with E-state index >= 15 is 0 Å². The van der Waals surface area contributed by atoms with Gasteiger partial charge < -0.3 is 14.8 Å². The zero-order valence-corrected chi connectivity index (χ0v) is 18.8. The maximum absolute atomic E-state index is 12.7. The van der Waals surface area contributed by atoms with Gasteiger partial charge in [-0.05, 0) is 54.0 Å². The zero-order chi connectivity index (χ0) is 21.4. The molecule has 2 aromatic rings. The predicted molar refractivity (Wildman–Crippen MR) is 112 cm³/mol. The van der Waals surface area contributed by atoms with Crippen LogP contribution in [0.4, 0.5) is 0 Å². The molecule has 0 unspecified atom stereocenters. The number of ether oxygens (including phenoxy) is 2. The number of benzene rings is 1. The Kier molecular flexibility index (Phi) is 8.57. The summed E-state index contributed by atoms with van der Waals surface area (Å²) in [7, 11) is -2.27. The van der Waals surface area contributed by atoms with E-state index in [4.69, 9.17) is 9.47 Å². The SMILES string of the molecule is COCCNS(=O)(=O)c1ccc(Br)c(C(=O)NCc2cccnc2OC(C)C)c1. The highest BCUT2D eigenvalue weighted by Crippen LogP contribution is 2.22. The molecule has 1 aromatic heterocycles. The lowest BCUT2D eigenvalue weighted by atomic mass is 10.2. The minimum Gasteiger partial charge on any atom is -0.475 e. The normalized spacial score (nSPS) is 11.5. The van der Waals surface area contributed by atoms with Crippen molar-refractivity contribution < 1.29 is 22.7 Å². The van der Waals surface area contributed by atoms with Gasteiger partial charge in [0, 0.05) is 36.4 Å². The molecule has 1 aromatic carbocycles. The number of amides is 1. The maximum Gasteiger partial charge on any atom is 0.252 e. The molecule has 0 aliphatic rings. The van der Waals surface area contributed by atoms with Crippen LogP contribution in [-0.4, -0.2) is 45.7 Å². The van der Waals surface area contributed by atoms with Crippen molar-refractivity contribution in [2.24, 2.45) is 0 Å². The molecular weight excluding hydrogens is 462 g/mol. The van der Waals surface area contributed by atoms with Crippen molar-refractivity contribution in [3.63, 3.8) is 0 Å². The Morgan fingerprint density at radius 1 is 1.28 bits per heavy atom. The van der Waals surface area contributed by atoms with Crippen LogP contribution in [0.2, 0.25) is 0 Å². The lowest BCUT2D eigenvalue weighted by molar-refractivity contribution is 0.0949. The molecule has 0 aliphatic carbocycles. The van der Waals surface area contributed by atoms with Crippen LogP contribution in [0, 0.1) is 0 Å². The van der Waals surface area contributed by atoms with E-state index in [0.29, 0.717) is 10.4 Å². The largest absolute Gasteiger partial charge is 0.475 e. The second-order valence-corrected chi connectivity index (χ2v) is 8.97. The van der Waals surface area contributed by atoms with Gasteiger partial charge in [0.15, 0.2) is 0 Å². The van der Waals surface area contributed by atoms with Crippen LogP contribution in [-0.2, 0) is 21.3 Å². The van der Waals surface area contributed by atoms with Gasteiger partial charge in [-0.25, -0.2) is 18.1 Å². The highest BCUT2D eigenvalue weighted by Gasteiger charge is 2.19. The molecule has 158 valence electrons. The van der Waals surface area contributed by atoms with Gasteiger partial charge in [-0.3, -0.25) is 4.79 Å².